The molecule has 0 atom stereocenters. The molecule has 0 aliphatic heterocycles. The van der Waals surface area contributed by atoms with Crippen LogP contribution in [0.3, 0.4) is 0 Å². The maximum atomic E-state index is 13.1. The highest BCUT2D eigenvalue weighted by Crippen LogP contribution is 2.23. The molecule has 0 radical (unpaired) electrons. The third kappa shape index (κ3) is 3.51. The largest absolute Gasteiger partial charge is 0.386 e. The van der Waals surface area contributed by atoms with E-state index in [1.165, 1.54) is 9.25 Å². The van der Waals surface area contributed by atoms with Crippen LogP contribution in [-0.4, -0.2) is 19.5 Å². The molecule has 4 rings (SSSR count). The van der Waals surface area contributed by atoms with Crippen molar-refractivity contribution in [3.63, 3.8) is 0 Å². The molecule has 0 bridgehead atoms. The van der Waals surface area contributed by atoms with Gasteiger partial charge in [-0.3, -0.25) is 9.59 Å². The van der Waals surface area contributed by atoms with Crippen molar-refractivity contribution < 1.29 is 5.11 Å². The average molecular weight is 402 g/mol. The zero-order valence-corrected chi connectivity index (χ0v) is 17.0. The van der Waals surface area contributed by atoms with E-state index in [4.69, 9.17) is 0 Å². The fraction of sp³-hybridized carbons (Fsp3) is 0.174. The monoisotopic (exact) mass is 402 g/mol. The molecule has 152 valence electrons. The quantitative estimate of drug-likeness (QED) is 0.548. The van der Waals surface area contributed by atoms with E-state index in [2.05, 4.69) is 10.4 Å². The van der Waals surface area contributed by atoms with Crippen LogP contribution in [0.15, 0.2) is 76.4 Å². The second-order valence-corrected chi connectivity index (χ2v) is 7.68. The minimum absolute atomic E-state index is 0.198. The minimum atomic E-state index is -0.986. The highest BCUT2D eigenvalue weighted by molar-refractivity contribution is 5.92. The van der Waals surface area contributed by atoms with Gasteiger partial charge < -0.3 is 15.0 Å². The zero-order chi connectivity index (χ0) is 21.5. The van der Waals surface area contributed by atoms with Gasteiger partial charge in [0.1, 0.15) is 5.69 Å². The van der Waals surface area contributed by atoms with Gasteiger partial charge in [0, 0.05) is 18.6 Å². The molecule has 2 N–H and O–H groups in total. The summed E-state index contributed by atoms with van der Waals surface area (Å²) in [5.41, 5.74) is 0.193. The Labute approximate surface area is 172 Å². The van der Waals surface area contributed by atoms with E-state index in [0.717, 1.165) is 5.56 Å². The average Bonchev–Trinajstić information content (AvgIpc) is 2.73. The number of pyridine rings is 1. The summed E-state index contributed by atoms with van der Waals surface area (Å²) >= 11 is 0. The van der Waals surface area contributed by atoms with Crippen molar-refractivity contribution in [2.45, 2.75) is 19.4 Å². The predicted molar refractivity (Wildman–Crippen MR) is 118 cm³/mol. The molecular weight excluding hydrogens is 380 g/mol. The maximum absolute atomic E-state index is 13.1. The van der Waals surface area contributed by atoms with Gasteiger partial charge in [0.25, 0.3) is 11.1 Å². The van der Waals surface area contributed by atoms with Crippen LogP contribution in [0.2, 0.25) is 0 Å². The van der Waals surface area contributed by atoms with Crippen LogP contribution in [0.5, 0.6) is 0 Å². The second kappa shape index (κ2) is 7.27. The Morgan fingerprint density at radius 1 is 0.900 bits per heavy atom. The van der Waals surface area contributed by atoms with Gasteiger partial charge in [-0.25, -0.2) is 0 Å². The molecule has 30 heavy (non-hydrogen) atoms. The Morgan fingerprint density at radius 3 is 2.23 bits per heavy atom. The van der Waals surface area contributed by atoms with Crippen LogP contribution in [0.25, 0.3) is 16.5 Å². The van der Waals surface area contributed by atoms with E-state index in [-0.39, 0.29) is 11.1 Å². The number of rotatable bonds is 4. The van der Waals surface area contributed by atoms with Crippen LogP contribution in [0, 0.1) is 0 Å². The van der Waals surface area contributed by atoms with Gasteiger partial charge in [-0.05, 0) is 49.7 Å². The number of nitrogens with zero attached hydrogens (tertiary/aromatic N) is 3. The molecule has 4 aromatic rings. The summed E-state index contributed by atoms with van der Waals surface area (Å²) in [6.07, 6.45) is 1.67. The van der Waals surface area contributed by atoms with E-state index >= 15 is 0 Å². The van der Waals surface area contributed by atoms with Crippen LogP contribution in [0.4, 0.5) is 11.5 Å². The smallest absolute Gasteiger partial charge is 0.279 e. The highest BCUT2D eigenvalue weighted by Gasteiger charge is 2.17. The Kier molecular flexibility index (Phi) is 4.75. The number of aliphatic hydroxyl groups is 1. The first kappa shape index (κ1) is 19.6. The lowest BCUT2D eigenvalue weighted by Crippen LogP contribution is -2.24. The summed E-state index contributed by atoms with van der Waals surface area (Å²) in [7, 11) is 1.67. The van der Waals surface area contributed by atoms with E-state index < -0.39 is 5.60 Å². The SMILES string of the molecule is Cn1cccc(Nc2nn(-c3ccc(C(C)(C)O)cc3)c(=O)c3ccccc23)c1=O. The lowest BCUT2D eigenvalue weighted by atomic mass is 9.98. The maximum Gasteiger partial charge on any atom is 0.279 e. The first-order valence-electron chi connectivity index (χ1n) is 9.54. The lowest BCUT2D eigenvalue weighted by Gasteiger charge is -2.18. The van der Waals surface area contributed by atoms with Crippen LogP contribution >= 0.6 is 0 Å². The van der Waals surface area contributed by atoms with Crippen molar-refractivity contribution in [2.75, 3.05) is 5.32 Å². The van der Waals surface area contributed by atoms with Crippen LogP contribution in [-0.2, 0) is 12.6 Å². The fourth-order valence-corrected chi connectivity index (χ4v) is 3.29. The molecule has 0 amide bonds. The standard InChI is InChI=1S/C23H22N4O3/c1-23(2,30)15-10-12-16(13-11-15)27-21(28)18-8-5-4-7-17(18)20(25-27)24-19-9-6-14-26(3)22(19)29/h4-14,30H,1-3H3,(H,24,25). The third-order valence-corrected chi connectivity index (χ3v) is 5.00. The van der Waals surface area contributed by atoms with Crippen molar-refractivity contribution in [3.8, 4) is 5.69 Å². The number of anilines is 2. The summed E-state index contributed by atoms with van der Waals surface area (Å²) in [6.45, 7) is 3.40. The number of fused-ring (bicyclic) bond motifs is 1. The molecule has 2 heterocycles. The topological polar surface area (TPSA) is 89.2 Å². The second-order valence-electron chi connectivity index (χ2n) is 7.68. The van der Waals surface area contributed by atoms with Crippen molar-refractivity contribution in [2.24, 2.45) is 7.05 Å². The Morgan fingerprint density at radius 2 is 1.57 bits per heavy atom. The van der Waals surface area contributed by atoms with E-state index in [0.29, 0.717) is 28.0 Å². The van der Waals surface area contributed by atoms with Gasteiger partial charge >= 0.3 is 0 Å². The van der Waals surface area contributed by atoms with Crippen molar-refractivity contribution in [1.82, 2.24) is 14.3 Å². The third-order valence-electron chi connectivity index (χ3n) is 5.00. The molecular formula is C23H22N4O3. The molecule has 7 nitrogen and oxygen atoms in total. The first-order chi connectivity index (χ1) is 14.3. The number of aromatic nitrogens is 3. The van der Waals surface area contributed by atoms with Crippen molar-refractivity contribution in [3.05, 3.63) is 93.1 Å². The van der Waals surface area contributed by atoms with Gasteiger partial charge in [-0.2, -0.15) is 4.68 Å². The molecule has 0 aliphatic carbocycles. The molecule has 0 saturated heterocycles. The summed E-state index contributed by atoms with van der Waals surface area (Å²) < 4.78 is 2.77. The van der Waals surface area contributed by atoms with E-state index in [1.807, 2.05) is 6.07 Å². The summed E-state index contributed by atoms with van der Waals surface area (Å²) in [5, 5.41) is 18.9. The lowest BCUT2D eigenvalue weighted by molar-refractivity contribution is 0.0786. The van der Waals surface area contributed by atoms with Crippen molar-refractivity contribution >= 4 is 22.3 Å². The van der Waals surface area contributed by atoms with Crippen molar-refractivity contribution in [1.29, 1.82) is 0 Å². The Bertz CT molecular complexity index is 1350. The molecule has 2 aromatic heterocycles. The first-order valence-corrected chi connectivity index (χ1v) is 9.54. The molecule has 0 fully saturated rings. The van der Waals surface area contributed by atoms with Gasteiger partial charge in [0.2, 0.25) is 0 Å². The summed E-state index contributed by atoms with van der Waals surface area (Å²) in [5.74, 6) is 0.403. The van der Waals surface area contributed by atoms with Crippen LogP contribution < -0.4 is 16.4 Å². The highest BCUT2D eigenvalue weighted by atomic mass is 16.3. The number of hydrogen-bond acceptors (Lipinski definition) is 5. The molecule has 7 heteroatoms. The van der Waals surface area contributed by atoms with Gasteiger partial charge in [0.15, 0.2) is 5.82 Å². The van der Waals surface area contributed by atoms with E-state index in [9.17, 15) is 14.7 Å². The van der Waals surface area contributed by atoms with E-state index in [1.54, 1.807) is 81.7 Å². The number of aryl methyl sites for hydroxylation is 1. The summed E-state index contributed by atoms with van der Waals surface area (Å²) in [6, 6.07) is 17.6. The molecule has 2 aromatic carbocycles. The van der Waals surface area contributed by atoms with Gasteiger partial charge in [-0.1, -0.05) is 30.3 Å². The molecule has 0 unspecified atom stereocenters. The molecule has 0 saturated carbocycles. The zero-order valence-electron chi connectivity index (χ0n) is 17.0. The normalized spacial score (nSPS) is 11.6. The van der Waals surface area contributed by atoms with Gasteiger partial charge in [0.05, 0.1) is 16.7 Å². The van der Waals surface area contributed by atoms with Gasteiger partial charge in [-0.15, -0.1) is 5.10 Å². The Balaban J connectivity index is 1.90. The predicted octanol–water partition coefficient (Wildman–Crippen LogP) is 3.06. The number of benzene rings is 2. The summed E-state index contributed by atoms with van der Waals surface area (Å²) in [4.78, 5) is 25.5. The number of hydrogen-bond donors (Lipinski definition) is 2. The van der Waals surface area contributed by atoms with Crippen LogP contribution in [0.1, 0.15) is 19.4 Å². The molecule has 0 aliphatic rings. The number of nitrogens with one attached hydrogen (secondary N) is 1. The fourth-order valence-electron chi connectivity index (χ4n) is 3.29. The minimum Gasteiger partial charge on any atom is -0.386 e. The molecule has 0 spiro atoms. The Hall–Kier alpha value is -3.71.